The van der Waals surface area contributed by atoms with Crippen molar-refractivity contribution in [1.29, 1.82) is 0 Å². The molecule has 0 unspecified atom stereocenters. The minimum Gasteiger partial charge on any atom is -0.378 e. The predicted octanol–water partition coefficient (Wildman–Crippen LogP) is 0.459. The molecule has 0 spiro atoms. The molecule has 122 valence electrons. The zero-order valence-corrected chi connectivity index (χ0v) is 13.2. The van der Waals surface area contributed by atoms with E-state index in [0.29, 0.717) is 11.9 Å². The number of anilines is 3. The highest BCUT2D eigenvalue weighted by molar-refractivity contribution is 5.55. The molecule has 0 aromatic carbocycles. The SMILES string of the molecule is CCC[C@@H]1CN(c2cc(N3CCOCC3)nc(N)n2)C[C@H]1N. The van der Waals surface area contributed by atoms with Crippen LogP contribution in [0.25, 0.3) is 0 Å². The van der Waals surface area contributed by atoms with Crippen molar-refractivity contribution >= 4 is 17.6 Å². The van der Waals surface area contributed by atoms with Crippen LogP contribution in [-0.2, 0) is 4.74 Å². The summed E-state index contributed by atoms with van der Waals surface area (Å²) in [5, 5.41) is 0. The zero-order chi connectivity index (χ0) is 15.5. The molecule has 1 aromatic heterocycles. The van der Waals surface area contributed by atoms with Crippen LogP contribution in [0.1, 0.15) is 19.8 Å². The molecular formula is C15H26N6O. The van der Waals surface area contributed by atoms with E-state index in [0.717, 1.165) is 63.9 Å². The first-order chi connectivity index (χ1) is 10.7. The number of nitrogen functional groups attached to an aromatic ring is 1. The average molecular weight is 306 g/mol. The van der Waals surface area contributed by atoms with E-state index in [4.69, 9.17) is 16.2 Å². The molecular weight excluding hydrogens is 280 g/mol. The summed E-state index contributed by atoms with van der Waals surface area (Å²) in [4.78, 5) is 13.2. The van der Waals surface area contributed by atoms with Crippen molar-refractivity contribution in [3.05, 3.63) is 6.07 Å². The van der Waals surface area contributed by atoms with E-state index >= 15 is 0 Å². The molecule has 0 aliphatic carbocycles. The summed E-state index contributed by atoms with van der Waals surface area (Å²) in [5.41, 5.74) is 12.2. The van der Waals surface area contributed by atoms with Gasteiger partial charge in [0.1, 0.15) is 11.6 Å². The topological polar surface area (TPSA) is 93.5 Å². The van der Waals surface area contributed by atoms with Crippen LogP contribution in [0.2, 0.25) is 0 Å². The Hall–Kier alpha value is -1.60. The largest absolute Gasteiger partial charge is 0.378 e. The summed E-state index contributed by atoms with van der Waals surface area (Å²) >= 11 is 0. The number of nitrogens with zero attached hydrogens (tertiary/aromatic N) is 4. The van der Waals surface area contributed by atoms with Crippen molar-refractivity contribution in [3.63, 3.8) is 0 Å². The van der Waals surface area contributed by atoms with Crippen molar-refractivity contribution in [2.24, 2.45) is 11.7 Å². The second kappa shape index (κ2) is 6.66. The molecule has 2 atom stereocenters. The van der Waals surface area contributed by atoms with Gasteiger partial charge in [-0.05, 0) is 12.3 Å². The molecule has 0 bridgehead atoms. The lowest BCUT2D eigenvalue weighted by atomic mass is 9.99. The van der Waals surface area contributed by atoms with Crippen molar-refractivity contribution in [2.75, 3.05) is 54.9 Å². The molecule has 3 rings (SSSR count). The number of ether oxygens (including phenoxy) is 1. The van der Waals surface area contributed by atoms with Crippen molar-refractivity contribution in [3.8, 4) is 0 Å². The predicted molar refractivity (Wildman–Crippen MR) is 88.1 cm³/mol. The van der Waals surface area contributed by atoms with Crippen LogP contribution in [0.4, 0.5) is 17.6 Å². The maximum atomic E-state index is 6.27. The van der Waals surface area contributed by atoms with E-state index in [1.165, 1.54) is 0 Å². The van der Waals surface area contributed by atoms with Crippen molar-refractivity contribution in [1.82, 2.24) is 9.97 Å². The molecule has 2 fully saturated rings. The number of aromatic nitrogens is 2. The van der Waals surface area contributed by atoms with Crippen LogP contribution in [0.5, 0.6) is 0 Å². The summed E-state index contributed by atoms with van der Waals surface area (Å²) < 4.78 is 5.39. The highest BCUT2D eigenvalue weighted by Gasteiger charge is 2.30. The van der Waals surface area contributed by atoms with Gasteiger partial charge in [-0.3, -0.25) is 0 Å². The maximum Gasteiger partial charge on any atom is 0.223 e. The number of rotatable bonds is 4. The van der Waals surface area contributed by atoms with Crippen molar-refractivity contribution < 1.29 is 4.74 Å². The van der Waals surface area contributed by atoms with Gasteiger partial charge >= 0.3 is 0 Å². The summed E-state index contributed by atoms with van der Waals surface area (Å²) in [6, 6.07) is 2.24. The van der Waals surface area contributed by atoms with Gasteiger partial charge in [0.05, 0.1) is 13.2 Å². The van der Waals surface area contributed by atoms with Crippen LogP contribution < -0.4 is 21.3 Å². The first-order valence-corrected chi connectivity index (χ1v) is 8.15. The highest BCUT2D eigenvalue weighted by atomic mass is 16.5. The molecule has 1 aromatic rings. The first kappa shape index (κ1) is 15.3. The lowest BCUT2D eigenvalue weighted by Crippen LogP contribution is -2.37. The Morgan fingerprint density at radius 3 is 2.55 bits per heavy atom. The van der Waals surface area contributed by atoms with E-state index in [-0.39, 0.29) is 6.04 Å². The fourth-order valence-corrected chi connectivity index (χ4v) is 3.32. The normalized spacial score (nSPS) is 25.7. The van der Waals surface area contributed by atoms with Crippen LogP contribution in [0, 0.1) is 5.92 Å². The fourth-order valence-electron chi connectivity index (χ4n) is 3.32. The smallest absolute Gasteiger partial charge is 0.223 e. The van der Waals surface area contributed by atoms with Gasteiger partial charge in [0.25, 0.3) is 0 Å². The molecule has 0 saturated carbocycles. The second-order valence-corrected chi connectivity index (χ2v) is 6.16. The van der Waals surface area contributed by atoms with Crippen LogP contribution in [0.15, 0.2) is 6.07 Å². The molecule has 3 heterocycles. The van der Waals surface area contributed by atoms with E-state index in [1.807, 2.05) is 6.07 Å². The first-order valence-electron chi connectivity index (χ1n) is 8.15. The Morgan fingerprint density at radius 1 is 1.18 bits per heavy atom. The quantitative estimate of drug-likeness (QED) is 0.834. The maximum absolute atomic E-state index is 6.27. The van der Waals surface area contributed by atoms with Crippen LogP contribution in [-0.4, -0.2) is 55.4 Å². The lowest BCUT2D eigenvalue weighted by Gasteiger charge is -2.28. The van der Waals surface area contributed by atoms with E-state index in [1.54, 1.807) is 0 Å². The van der Waals surface area contributed by atoms with E-state index < -0.39 is 0 Å². The summed E-state index contributed by atoms with van der Waals surface area (Å²) in [6.07, 6.45) is 2.33. The molecule has 7 heteroatoms. The molecule has 22 heavy (non-hydrogen) atoms. The van der Waals surface area contributed by atoms with Gasteiger partial charge in [0.15, 0.2) is 0 Å². The zero-order valence-electron chi connectivity index (χ0n) is 13.2. The molecule has 2 saturated heterocycles. The molecule has 2 aliphatic rings. The third-order valence-electron chi connectivity index (χ3n) is 4.53. The Bertz CT molecular complexity index is 505. The van der Waals surface area contributed by atoms with Gasteiger partial charge in [-0.2, -0.15) is 9.97 Å². The van der Waals surface area contributed by atoms with Gasteiger partial charge in [0, 0.05) is 38.3 Å². The summed E-state index contributed by atoms with van der Waals surface area (Å²) in [7, 11) is 0. The summed E-state index contributed by atoms with van der Waals surface area (Å²) in [5.74, 6) is 2.64. The van der Waals surface area contributed by atoms with Crippen LogP contribution >= 0.6 is 0 Å². The number of hydrogen-bond acceptors (Lipinski definition) is 7. The van der Waals surface area contributed by atoms with E-state index in [9.17, 15) is 0 Å². The molecule has 0 radical (unpaired) electrons. The monoisotopic (exact) mass is 306 g/mol. The number of nitrogens with two attached hydrogens (primary N) is 2. The van der Waals surface area contributed by atoms with Gasteiger partial charge < -0.3 is 26.0 Å². The fraction of sp³-hybridized carbons (Fsp3) is 0.733. The Labute approximate surface area is 131 Å². The Balaban J connectivity index is 1.77. The molecule has 4 N–H and O–H groups in total. The summed E-state index contributed by atoms with van der Waals surface area (Å²) in [6.45, 7) is 7.13. The van der Waals surface area contributed by atoms with Gasteiger partial charge in [0.2, 0.25) is 5.95 Å². The lowest BCUT2D eigenvalue weighted by molar-refractivity contribution is 0.122. The van der Waals surface area contributed by atoms with Gasteiger partial charge in [-0.15, -0.1) is 0 Å². The van der Waals surface area contributed by atoms with Gasteiger partial charge in [-0.1, -0.05) is 13.3 Å². The Morgan fingerprint density at radius 2 is 1.86 bits per heavy atom. The minimum atomic E-state index is 0.211. The third kappa shape index (κ3) is 3.25. The second-order valence-electron chi connectivity index (χ2n) is 6.16. The molecule has 0 amide bonds. The highest BCUT2D eigenvalue weighted by Crippen LogP contribution is 2.27. The van der Waals surface area contributed by atoms with E-state index in [2.05, 4.69) is 26.7 Å². The standard InChI is InChI=1S/C15H26N6O/c1-2-3-11-9-21(10-12(11)16)14-8-13(18-15(17)19-14)20-4-6-22-7-5-20/h8,11-12H,2-7,9-10,16H2,1H3,(H2,17,18,19)/t11-,12-/m1/s1. The third-order valence-corrected chi connectivity index (χ3v) is 4.53. The van der Waals surface area contributed by atoms with Crippen LogP contribution in [0.3, 0.4) is 0 Å². The molecule has 7 nitrogen and oxygen atoms in total. The van der Waals surface area contributed by atoms with Crippen molar-refractivity contribution in [2.45, 2.75) is 25.8 Å². The average Bonchev–Trinajstić information content (AvgIpc) is 2.89. The van der Waals surface area contributed by atoms with Gasteiger partial charge in [-0.25, -0.2) is 0 Å². The number of hydrogen-bond donors (Lipinski definition) is 2. The number of morpholine rings is 1. The Kier molecular flexibility index (Phi) is 4.63. The minimum absolute atomic E-state index is 0.211. The molecule has 2 aliphatic heterocycles.